The first-order valence-corrected chi connectivity index (χ1v) is 8.46. The smallest absolute Gasteiger partial charge is 0.223 e. The molecular formula is C18H28N2O2. The van der Waals surface area contributed by atoms with E-state index in [1.807, 2.05) is 19.1 Å². The van der Waals surface area contributed by atoms with E-state index in [1.54, 1.807) is 0 Å². The van der Waals surface area contributed by atoms with Gasteiger partial charge >= 0.3 is 0 Å². The summed E-state index contributed by atoms with van der Waals surface area (Å²) in [6, 6.07) is 8.45. The number of aryl methyl sites for hydroxylation is 1. The Balaban J connectivity index is 1.86. The van der Waals surface area contributed by atoms with E-state index in [1.165, 1.54) is 5.56 Å². The zero-order valence-electron chi connectivity index (χ0n) is 13.8. The first kappa shape index (κ1) is 16.8. The highest BCUT2D eigenvalue weighted by molar-refractivity contribution is 5.76. The van der Waals surface area contributed by atoms with Gasteiger partial charge in [0.05, 0.1) is 6.61 Å². The first-order valence-electron chi connectivity index (χ1n) is 8.46. The van der Waals surface area contributed by atoms with Crippen LogP contribution in [-0.2, 0) is 11.2 Å². The lowest BCUT2D eigenvalue weighted by atomic mass is 10.1. The molecule has 0 radical (unpaired) electrons. The van der Waals surface area contributed by atoms with Crippen molar-refractivity contribution in [2.24, 2.45) is 0 Å². The van der Waals surface area contributed by atoms with E-state index in [0.29, 0.717) is 19.1 Å². The number of ether oxygens (including phenoxy) is 1. The molecule has 1 aliphatic heterocycles. The van der Waals surface area contributed by atoms with Gasteiger partial charge in [0.1, 0.15) is 5.75 Å². The van der Waals surface area contributed by atoms with Crippen LogP contribution in [-0.4, -0.2) is 43.1 Å². The molecule has 1 aliphatic rings. The van der Waals surface area contributed by atoms with E-state index in [9.17, 15) is 4.79 Å². The highest BCUT2D eigenvalue weighted by Crippen LogP contribution is 2.15. The molecule has 1 aromatic carbocycles. The first-order chi connectivity index (χ1) is 10.7. The maximum Gasteiger partial charge on any atom is 0.223 e. The minimum Gasteiger partial charge on any atom is -0.494 e. The van der Waals surface area contributed by atoms with Crippen molar-refractivity contribution in [2.75, 3.05) is 26.2 Å². The van der Waals surface area contributed by atoms with Gasteiger partial charge in [0, 0.05) is 25.6 Å². The van der Waals surface area contributed by atoms with Gasteiger partial charge in [-0.15, -0.1) is 0 Å². The highest BCUT2D eigenvalue weighted by Gasteiger charge is 2.25. The number of nitrogens with one attached hydrogen (secondary N) is 1. The van der Waals surface area contributed by atoms with Crippen LogP contribution in [0.2, 0.25) is 0 Å². The average molecular weight is 304 g/mol. The minimum atomic E-state index is 0.282. The molecule has 4 nitrogen and oxygen atoms in total. The Morgan fingerprint density at radius 1 is 1.32 bits per heavy atom. The summed E-state index contributed by atoms with van der Waals surface area (Å²) in [6.07, 6.45) is 3.48. The van der Waals surface area contributed by atoms with E-state index in [-0.39, 0.29) is 5.91 Å². The van der Waals surface area contributed by atoms with Gasteiger partial charge in [-0.3, -0.25) is 4.79 Å². The summed E-state index contributed by atoms with van der Waals surface area (Å²) in [5.74, 6) is 1.17. The van der Waals surface area contributed by atoms with Gasteiger partial charge < -0.3 is 15.0 Å². The van der Waals surface area contributed by atoms with Crippen LogP contribution in [0.3, 0.4) is 0 Å². The molecule has 0 saturated carbocycles. The SMILES string of the molecule is CCCN(C(=O)CCc1ccc(OCC)cc1)C1CCNC1. The minimum absolute atomic E-state index is 0.282. The zero-order valence-corrected chi connectivity index (χ0v) is 13.8. The summed E-state index contributed by atoms with van der Waals surface area (Å²) in [7, 11) is 0. The van der Waals surface area contributed by atoms with Gasteiger partial charge in [0.15, 0.2) is 0 Å². The highest BCUT2D eigenvalue weighted by atomic mass is 16.5. The second-order valence-electron chi connectivity index (χ2n) is 5.81. The van der Waals surface area contributed by atoms with Crippen molar-refractivity contribution < 1.29 is 9.53 Å². The molecule has 1 fully saturated rings. The molecule has 2 rings (SSSR count). The second kappa shape index (κ2) is 8.79. The molecule has 0 aliphatic carbocycles. The molecule has 22 heavy (non-hydrogen) atoms. The lowest BCUT2D eigenvalue weighted by Gasteiger charge is -2.28. The van der Waals surface area contributed by atoms with Crippen LogP contribution in [0.15, 0.2) is 24.3 Å². The van der Waals surface area contributed by atoms with Crippen molar-refractivity contribution >= 4 is 5.91 Å². The number of hydrogen-bond acceptors (Lipinski definition) is 3. The Kier molecular flexibility index (Phi) is 6.72. The summed E-state index contributed by atoms with van der Waals surface area (Å²) >= 11 is 0. The Morgan fingerprint density at radius 2 is 2.09 bits per heavy atom. The van der Waals surface area contributed by atoms with Gasteiger partial charge in [0.2, 0.25) is 5.91 Å². The van der Waals surface area contributed by atoms with Crippen LogP contribution < -0.4 is 10.1 Å². The molecule has 1 unspecified atom stereocenters. The third-order valence-corrected chi connectivity index (χ3v) is 4.12. The van der Waals surface area contributed by atoms with Crippen molar-refractivity contribution in [3.05, 3.63) is 29.8 Å². The fraction of sp³-hybridized carbons (Fsp3) is 0.611. The van der Waals surface area contributed by atoms with E-state index in [0.717, 1.165) is 44.6 Å². The number of benzene rings is 1. The topological polar surface area (TPSA) is 41.6 Å². The number of nitrogens with zero attached hydrogens (tertiary/aromatic N) is 1. The van der Waals surface area contributed by atoms with Crippen LogP contribution >= 0.6 is 0 Å². The molecule has 1 amide bonds. The molecule has 0 bridgehead atoms. The maximum atomic E-state index is 12.5. The summed E-state index contributed by atoms with van der Waals surface area (Å²) < 4.78 is 5.44. The molecule has 4 heteroatoms. The number of carbonyl (C=O) groups excluding carboxylic acids is 1. The third kappa shape index (κ3) is 4.73. The monoisotopic (exact) mass is 304 g/mol. The Hall–Kier alpha value is -1.55. The molecular weight excluding hydrogens is 276 g/mol. The molecule has 0 aromatic heterocycles. The number of rotatable bonds is 8. The van der Waals surface area contributed by atoms with Gasteiger partial charge in [-0.1, -0.05) is 19.1 Å². The van der Waals surface area contributed by atoms with Crippen molar-refractivity contribution in [3.63, 3.8) is 0 Å². The van der Waals surface area contributed by atoms with E-state index in [2.05, 4.69) is 29.3 Å². The van der Waals surface area contributed by atoms with Crippen LogP contribution in [0.1, 0.15) is 38.7 Å². The predicted molar refractivity (Wildman–Crippen MR) is 89.2 cm³/mol. The Labute approximate surface area is 133 Å². The summed E-state index contributed by atoms with van der Waals surface area (Å²) in [6.45, 7) is 7.63. The maximum absolute atomic E-state index is 12.5. The van der Waals surface area contributed by atoms with E-state index < -0.39 is 0 Å². The van der Waals surface area contributed by atoms with Crippen LogP contribution in [0.25, 0.3) is 0 Å². The van der Waals surface area contributed by atoms with Gasteiger partial charge in [-0.25, -0.2) is 0 Å². The van der Waals surface area contributed by atoms with E-state index >= 15 is 0 Å². The molecule has 1 atom stereocenters. The average Bonchev–Trinajstić information content (AvgIpc) is 3.06. The molecule has 1 aromatic rings. The normalized spacial score (nSPS) is 17.5. The van der Waals surface area contributed by atoms with Crippen molar-refractivity contribution in [1.82, 2.24) is 10.2 Å². The number of carbonyl (C=O) groups is 1. The van der Waals surface area contributed by atoms with Gasteiger partial charge in [-0.05, 0) is 50.4 Å². The number of hydrogen-bond donors (Lipinski definition) is 1. The molecule has 0 spiro atoms. The lowest BCUT2D eigenvalue weighted by molar-refractivity contribution is -0.133. The largest absolute Gasteiger partial charge is 0.494 e. The molecule has 122 valence electrons. The second-order valence-corrected chi connectivity index (χ2v) is 5.81. The van der Waals surface area contributed by atoms with Crippen molar-refractivity contribution in [1.29, 1.82) is 0 Å². The van der Waals surface area contributed by atoms with E-state index in [4.69, 9.17) is 4.74 Å². The van der Waals surface area contributed by atoms with Crippen LogP contribution in [0.4, 0.5) is 0 Å². The zero-order chi connectivity index (χ0) is 15.8. The Morgan fingerprint density at radius 3 is 2.68 bits per heavy atom. The third-order valence-electron chi connectivity index (χ3n) is 4.12. The van der Waals surface area contributed by atoms with Gasteiger partial charge in [0.25, 0.3) is 0 Å². The fourth-order valence-electron chi connectivity index (χ4n) is 2.97. The standard InChI is InChI=1S/C18H28N2O2/c1-3-13-20(16-11-12-19-14-16)18(21)10-7-15-5-8-17(9-6-15)22-4-2/h5-6,8-9,16,19H,3-4,7,10-14H2,1-2H3. The summed E-state index contributed by atoms with van der Waals surface area (Å²) in [5, 5.41) is 3.35. The van der Waals surface area contributed by atoms with Crippen molar-refractivity contribution in [2.45, 2.75) is 45.6 Å². The predicted octanol–water partition coefficient (Wildman–Crippen LogP) is 2.62. The molecule has 1 heterocycles. The number of amides is 1. The van der Waals surface area contributed by atoms with Crippen molar-refractivity contribution in [3.8, 4) is 5.75 Å². The Bertz CT molecular complexity index is 453. The summed E-state index contributed by atoms with van der Waals surface area (Å²) in [4.78, 5) is 14.6. The lowest BCUT2D eigenvalue weighted by Crippen LogP contribution is -2.42. The molecule has 1 N–H and O–H groups in total. The summed E-state index contributed by atoms with van der Waals surface area (Å²) in [5.41, 5.74) is 1.19. The van der Waals surface area contributed by atoms with Crippen LogP contribution in [0, 0.1) is 0 Å². The molecule has 1 saturated heterocycles. The van der Waals surface area contributed by atoms with Gasteiger partial charge in [-0.2, -0.15) is 0 Å². The fourth-order valence-corrected chi connectivity index (χ4v) is 2.97. The van der Waals surface area contributed by atoms with Crippen LogP contribution in [0.5, 0.6) is 5.75 Å². The quantitative estimate of drug-likeness (QED) is 0.803.